The van der Waals surface area contributed by atoms with E-state index in [1.165, 1.54) is 25.3 Å². The van der Waals surface area contributed by atoms with Crippen LogP contribution >= 0.6 is 0 Å². The van der Waals surface area contributed by atoms with Gasteiger partial charge < -0.3 is 15.0 Å². The molecule has 0 aromatic heterocycles. The maximum atomic E-state index is 13.4. The van der Waals surface area contributed by atoms with E-state index >= 15 is 0 Å². The topological polar surface area (TPSA) is 65.4 Å². The highest BCUT2D eigenvalue weighted by Gasteiger charge is 2.38. The highest BCUT2D eigenvalue weighted by atomic mass is 19.4. The number of aryl methyl sites for hydroxylation is 1. The van der Waals surface area contributed by atoms with Crippen molar-refractivity contribution in [1.29, 1.82) is 5.41 Å². The molecular formula is C33H35F6N3O2. The number of carbonyl (C=O) groups excluding carboxylic acids is 1. The number of alkyl halides is 6. The highest BCUT2D eigenvalue weighted by molar-refractivity contribution is 6.00. The molecule has 0 saturated heterocycles. The van der Waals surface area contributed by atoms with Gasteiger partial charge in [0.15, 0.2) is 0 Å². The third-order valence-corrected chi connectivity index (χ3v) is 7.14. The SMILES string of the molecule is CC1CCC1.Cc1cc(/C=C(\NC=O)C(=N)N(C)Cc2ccccc2)ccc1OCc1ccc(C(F)(F)F)cc1C(F)(F)F. The molecular weight excluding hydrogens is 584 g/mol. The van der Waals surface area contributed by atoms with Gasteiger partial charge in [-0.3, -0.25) is 10.2 Å². The van der Waals surface area contributed by atoms with Crippen LogP contribution in [0.3, 0.4) is 0 Å². The number of carbonyl (C=O) groups is 1. The minimum atomic E-state index is -5.00. The van der Waals surface area contributed by atoms with Crippen molar-refractivity contribution in [2.24, 2.45) is 5.92 Å². The normalized spacial score (nSPS) is 13.7. The van der Waals surface area contributed by atoms with Crippen LogP contribution in [0, 0.1) is 18.3 Å². The number of benzene rings is 3. The van der Waals surface area contributed by atoms with Crippen LogP contribution in [-0.2, 0) is 30.3 Å². The van der Waals surface area contributed by atoms with Gasteiger partial charge in [0, 0.05) is 19.2 Å². The molecule has 1 amide bonds. The van der Waals surface area contributed by atoms with E-state index in [-0.39, 0.29) is 23.3 Å². The van der Waals surface area contributed by atoms with Crippen LogP contribution in [0.15, 0.2) is 72.4 Å². The van der Waals surface area contributed by atoms with E-state index < -0.39 is 35.6 Å². The van der Waals surface area contributed by atoms with Gasteiger partial charge in [-0.15, -0.1) is 0 Å². The lowest BCUT2D eigenvalue weighted by molar-refractivity contribution is -0.143. The molecule has 0 heterocycles. The van der Waals surface area contributed by atoms with Crippen molar-refractivity contribution in [3.8, 4) is 5.75 Å². The quantitative estimate of drug-likeness (QED) is 0.109. The first-order chi connectivity index (χ1) is 20.7. The number of amides is 1. The lowest BCUT2D eigenvalue weighted by Gasteiger charge is -2.22. The van der Waals surface area contributed by atoms with Crippen molar-refractivity contribution in [3.05, 3.63) is 106 Å². The summed E-state index contributed by atoms with van der Waals surface area (Å²) in [6, 6.07) is 15.6. The van der Waals surface area contributed by atoms with Gasteiger partial charge in [-0.25, -0.2) is 0 Å². The van der Waals surface area contributed by atoms with E-state index in [0.717, 1.165) is 17.5 Å². The van der Waals surface area contributed by atoms with E-state index in [9.17, 15) is 31.1 Å². The second-order valence-corrected chi connectivity index (χ2v) is 10.7. The number of amidine groups is 1. The third-order valence-electron chi connectivity index (χ3n) is 7.14. The van der Waals surface area contributed by atoms with Gasteiger partial charge >= 0.3 is 12.4 Å². The van der Waals surface area contributed by atoms with Crippen LogP contribution in [0.25, 0.3) is 6.08 Å². The fourth-order valence-electron chi connectivity index (χ4n) is 4.39. The van der Waals surface area contributed by atoms with Crippen molar-refractivity contribution >= 4 is 18.3 Å². The predicted octanol–water partition coefficient (Wildman–Crippen LogP) is 8.61. The summed E-state index contributed by atoms with van der Waals surface area (Å²) in [5.41, 5.74) is -0.967. The molecule has 4 rings (SSSR count). The van der Waals surface area contributed by atoms with Crippen LogP contribution in [0.4, 0.5) is 26.3 Å². The van der Waals surface area contributed by atoms with Crippen LogP contribution in [0.2, 0.25) is 0 Å². The first kappa shape index (κ1) is 34.2. The van der Waals surface area contributed by atoms with Gasteiger partial charge in [-0.05, 0) is 59.9 Å². The Morgan fingerprint density at radius 3 is 2.18 bits per heavy atom. The summed E-state index contributed by atoms with van der Waals surface area (Å²) in [6.07, 6.45) is -3.44. The van der Waals surface area contributed by atoms with Gasteiger partial charge in [-0.2, -0.15) is 26.3 Å². The third kappa shape index (κ3) is 9.89. The number of ether oxygens (including phenoxy) is 1. The monoisotopic (exact) mass is 619 g/mol. The lowest BCUT2D eigenvalue weighted by Crippen LogP contribution is -2.32. The number of nitrogens with one attached hydrogen (secondary N) is 2. The van der Waals surface area contributed by atoms with Crippen molar-refractivity contribution in [1.82, 2.24) is 10.2 Å². The van der Waals surface area contributed by atoms with Gasteiger partial charge in [0.2, 0.25) is 6.41 Å². The molecule has 2 N–H and O–H groups in total. The molecule has 11 heteroatoms. The molecule has 1 fully saturated rings. The Kier molecular flexibility index (Phi) is 11.6. The number of nitrogens with zero attached hydrogens (tertiary/aromatic N) is 1. The molecule has 0 spiro atoms. The molecule has 44 heavy (non-hydrogen) atoms. The molecule has 0 radical (unpaired) electrons. The molecule has 0 aliphatic heterocycles. The van der Waals surface area contributed by atoms with Crippen LogP contribution in [-0.4, -0.2) is 24.2 Å². The molecule has 236 valence electrons. The maximum Gasteiger partial charge on any atom is 0.416 e. The zero-order chi connectivity index (χ0) is 32.5. The Bertz CT molecular complexity index is 1450. The lowest BCUT2D eigenvalue weighted by atomic mass is 9.88. The predicted molar refractivity (Wildman–Crippen MR) is 158 cm³/mol. The van der Waals surface area contributed by atoms with Gasteiger partial charge in [0.25, 0.3) is 0 Å². The number of halogens is 6. The smallest absolute Gasteiger partial charge is 0.416 e. The average molecular weight is 620 g/mol. The summed E-state index contributed by atoms with van der Waals surface area (Å²) in [4.78, 5) is 12.8. The van der Waals surface area contributed by atoms with E-state index in [1.54, 1.807) is 37.1 Å². The first-order valence-electron chi connectivity index (χ1n) is 14.0. The molecule has 1 aliphatic carbocycles. The zero-order valence-corrected chi connectivity index (χ0v) is 24.6. The standard InChI is InChI=1S/C28H25F6N3O2.C5H10/c1-18-12-20(13-24(36-17-38)26(35)37(2)15-19-6-4-3-5-7-19)8-11-25(18)39-16-21-9-10-22(27(29,30)31)14-23(21)28(32,33)34;1-5-3-2-4-5/h3-14,17,35H,15-16H2,1-2H3,(H,36,38);5H,2-4H2,1H3/b24-13-,35-26?;. The summed E-state index contributed by atoms with van der Waals surface area (Å²) in [7, 11) is 1.70. The second kappa shape index (κ2) is 14.9. The number of likely N-dealkylation sites (N-methyl/N-ethyl adjacent to an activating group) is 1. The Morgan fingerprint density at radius 1 is 1.00 bits per heavy atom. The molecule has 5 nitrogen and oxygen atoms in total. The van der Waals surface area contributed by atoms with Crippen molar-refractivity contribution in [3.63, 3.8) is 0 Å². The largest absolute Gasteiger partial charge is 0.489 e. The Labute approximate surface area is 253 Å². The van der Waals surface area contributed by atoms with E-state index in [1.807, 2.05) is 30.3 Å². The van der Waals surface area contributed by atoms with Crippen molar-refractivity contribution in [2.75, 3.05) is 7.05 Å². The fraction of sp³-hybridized carbons (Fsp3) is 0.333. The zero-order valence-electron chi connectivity index (χ0n) is 24.6. The van der Waals surface area contributed by atoms with E-state index in [4.69, 9.17) is 10.1 Å². The summed E-state index contributed by atoms with van der Waals surface area (Å²) in [5, 5.41) is 11.0. The number of hydrogen-bond acceptors (Lipinski definition) is 3. The minimum Gasteiger partial charge on any atom is -0.489 e. The van der Waals surface area contributed by atoms with Crippen LogP contribution in [0.1, 0.15) is 59.6 Å². The van der Waals surface area contributed by atoms with Crippen molar-refractivity contribution in [2.45, 2.75) is 58.6 Å². The molecule has 0 bridgehead atoms. The second-order valence-electron chi connectivity index (χ2n) is 10.7. The Hall–Kier alpha value is -4.28. The van der Waals surface area contributed by atoms with E-state index in [0.29, 0.717) is 30.1 Å². The highest BCUT2D eigenvalue weighted by Crippen LogP contribution is 2.38. The Morgan fingerprint density at radius 2 is 1.66 bits per heavy atom. The summed E-state index contributed by atoms with van der Waals surface area (Å²) < 4.78 is 84.5. The molecule has 0 atom stereocenters. The van der Waals surface area contributed by atoms with E-state index in [2.05, 4.69) is 12.2 Å². The average Bonchev–Trinajstić information content (AvgIpc) is 2.95. The van der Waals surface area contributed by atoms with Crippen molar-refractivity contribution < 1.29 is 35.9 Å². The summed E-state index contributed by atoms with van der Waals surface area (Å²) in [5.74, 6) is 1.34. The minimum absolute atomic E-state index is 0.0471. The Balaban J connectivity index is 0.000000958. The number of rotatable bonds is 9. The van der Waals surface area contributed by atoms with Crippen LogP contribution in [0.5, 0.6) is 5.75 Å². The molecule has 1 saturated carbocycles. The molecule has 3 aromatic carbocycles. The van der Waals surface area contributed by atoms with Crippen LogP contribution < -0.4 is 10.1 Å². The molecule has 3 aromatic rings. The summed E-state index contributed by atoms with van der Waals surface area (Å²) >= 11 is 0. The number of hydrogen-bond donors (Lipinski definition) is 2. The summed E-state index contributed by atoms with van der Waals surface area (Å²) in [6.45, 7) is 3.77. The van der Waals surface area contributed by atoms with Gasteiger partial charge in [0.05, 0.1) is 16.8 Å². The first-order valence-corrected chi connectivity index (χ1v) is 14.0. The fourth-order valence-corrected chi connectivity index (χ4v) is 4.39. The maximum absolute atomic E-state index is 13.4. The van der Waals surface area contributed by atoms with Gasteiger partial charge in [0.1, 0.15) is 18.2 Å². The molecule has 0 unspecified atom stereocenters. The molecule has 1 aliphatic rings. The van der Waals surface area contributed by atoms with Gasteiger partial charge in [-0.1, -0.05) is 68.7 Å².